The summed E-state index contributed by atoms with van der Waals surface area (Å²) in [4.78, 5) is 19.6. The lowest BCUT2D eigenvalue weighted by Gasteiger charge is -2.35. The number of ether oxygens (including phenoxy) is 1. The summed E-state index contributed by atoms with van der Waals surface area (Å²) in [6.45, 7) is 0.327. The highest BCUT2D eigenvalue weighted by molar-refractivity contribution is 5.97. The molecule has 1 saturated heterocycles. The van der Waals surface area contributed by atoms with Gasteiger partial charge in [0.2, 0.25) is 0 Å². The first-order chi connectivity index (χ1) is 12.8. The minimum atomic E-state index is -4.44. The number of hydrogen-bond donors (Lipinski definition) is 1. The largest absolute Gasteiger partial charge is 0.423 e. The van der Waals surface area contributed by atoms with E-state index in [9.17, 15) is 18.0 Å². The SMILES string of the molecule is CN(C)c1nc2cc(C(=O)NC[C@H](N3CCOCC3)C(F)(F)F)ccc2o1. The van der Waals surface area contributed by atoms with Crippen LogP contribution in [0.5, 0.6) is 0 Å². The number of fused-ring (bicyclic) bond motifs is 1. The molecule has 1 aliphatic rings. The number of benzene rings is 1. The molecule has 1 N–H and O–H groups in total. The van der Waals surface area contributed by atoms with Gasteiger partial charge < -0.3 is 19.4 Å². The van der Waals surface area contributed by atoms with E-state index in [1.807, 2.05) is 0 Å². The molecule has 148 valence electrons. The first kappa shape index (κ1) is 19.4. The predicted octanol–water partition coefficient (Wildman–Crippen LogP) is 1.89. The second kappa shape index (κ2) is 7.73. The third-order valence-corrected chi connectivity index (χ3v) is 4.34. The Morgan fingerprint density at radius 3 is 2.67 bits per heavy atom. The topological polar surface area (TPSA) is 70.8 Å². The van der Waals surface area contributed by atoms with Gasteiger partial charge in [0.05, 0.1) is 13.2 Å². The van der Waals surface area contributed by atoms with Crippen molar-refractivity contribution in [3.8, 4) is 0 Å². The minimum absolute atomic E-state index is 0.179. The summed E-state index contributed by atoms with van der Waals surface area (Å²) in [6.07, 6.45) is -4.44. The van der Waals surface area contributed by atoms with E-state index in [-0.39, 0.29) is 31.9 Å². The van der Waals surface area contributed by atoms with E-state index < -0.39 is 24.7 Å². The lowest BCUT2D eigenvalue weighted by atomic mass is 10.1. The number of morpholine rings is 1. The van der Waals surface area contributed by atoms with Crippen LogP contribution in [0.25, 0.3) is 11.1 Å². The molecule has 1 fully saturated rings. The van der Waals surface area contributed by atoms with Crippen molar-refractivity contribution < 1.29 is 27.1 Å². The maximum atomic E-state index is 13.4. The number of amides is 1. The number of nitrogens with one attached hydrogen (secondary N) is 1. The number of rotatable bonds is 5. The minimum Gasteiger partial charge on any atom is -0.423 e. The Balaban J connectivity index is 1.70. The van der Waals surface area contributed by atoms with Crippen molar-refractivity contribution in [1.29, 1.82) is 0 Å². The van der Waals surface area contributed by atoms with Crippen molar-refractivity contribution in [1.82, 2.24) is 15.2 Å². The summed E-state index contributed by atoms with van der Waals surface area (Å²) in [5.74, 6) is -0.589. The van der Waals surface area contributed by atoms with E-state index in [2.05, 4.69) is 10.3 Å². The van der Waals surface area contributed by atoms with Gasteiger partial charge in [-0.05, 0) is 18.2 Å². The Kier molecular flexibility index (Phi) is 5.56. The van der Waals surface area contributed by atoms with Crippen LogP contribution in [0.1, 0.15) is 10.4 Å². The molecule has 7 nitrogen and oxygen atoms in total. The first-order valence-corrected chi connectivity index (χ1v) is 8.50. The van der Waals surface area contributed by atoms with E-state index >= 15 is 0 Å². The summed E-state index contributed by atoms with van der Waals surface area (Å²) >= 11 is 0. The molecule has 0 bridgehead atoms. The molecule has 1 atom stereocenters. The molecule has 0 aliphatic carbocycles. The Bertz CT molecular complexity index is 800. The second-order valence-corrected chi connectivity index (χ2v) is 6.49. The molecule has 0 spiro atoms. The van der Waals surface area contributed by atoms with Crippen LogP contribution in [-0.2, 0) is 4.74 Å². The molecule has 10 heteroatoms. The van der Waals surface area contributed by atoms with E-state index in [1.165, 1.54) is 17.0 Å². The molecule has 0 saturated carbocycles. The summed E-state index contributed by atoms with van der Waals surface area (Å²) in [5, 5.41) is 2.39. The highest BCUT2D eigenvalue weighted by Crippen LogP contribution is 2.25. The lowest BCUT2D eigenvalue weighted by Crippen LogP contribution is -2.55. The van der Waals surface area contributed by atoms with E-state index in [1.54, 1.807) is 25.1 Å². The van der Waals surface area contributed by atoms with E-state index in [0.717, 1.165) is 0 Å². The maximum Gasteiger partial charge on any atom is 0.405 e. The lowest BCUT2D eigenvalue weighted by molar-refractivity contribution is -0.189. The van der Waals surface area contributed by atoms with Gasteiger partial charge >= 0.3 is 6.18 Å². The first-order valence-electron chi connectivity index (χ1n) is 8.50. The number of carbonyl (C=O) groups is 1. The molecule has 27 heavy (non-hydrogen) atoms. The van der Waals surface area contributed by atoms with Gasteiger partial charge in [-0.15, -0.1) is 0 Å². The summed E-state index contributed by atoms with van der Waals surface area (Å²) in [7, 11) is 3.53. The van der Waals surface area contributed by atoms with Crippen LogP contribution in [-0.4, -0.2) is 75.0 Å². The molecular formula is C17H21F3N4O3. The van der Waals surface area contributed by atoms with Crippen molar-refractivity contribution >= 4 is 23.0 Å². The van der Waals surface area contributed by atoms with Crippen LogP contribution in [0.3, 0.4) is 0 Å². The van der Waals surface area contributed by atoms with Gasteiger partial charge in [-0.1, -0.05) is 0 Å². The normalized spacial score (nSPS) is 17.1. The standard InChI is InChI=1S/C17H21F3N4O3/c1-23(2)16-22-12-9-11(3-4-13(12)27-16)15(25)21-10-14(17(18,19)20)24-5-7-26-8-6-24/h3-4,9,14H,5-8,10H2,1-2H3,(H,21,25)/t14-/m0/s1. The third-order valence-electron chi connectivity index (χ3n) is 4.34. The third kappa shape index (κ3) is 4.51. The second-order valence-electron chi connectivity index (χ2n) is 6.49. The molecule has 1 amide bonds. The fraction of sp³-hybridized carbons (Fsp3) is 0.529. The zero-order valence-corrected chi connectivity index (χ0v) is 15.0. The monoisotopic (exact) mass is 386 g/mol. The van der Waals surface area contributed by atoms with Crippen molar-refractivity contribution in [3.05, 3.63) is 23.8 Å². The number of anilines is 1. The van der Waals surface area contributed by atoms with Crippen LogP contribution < -0.4 is 10.2 Å². The van der Waals surface area contributed by atoms with Gasteiger partial charge in [0.25, 0.3) is 11.9 Å². The van der Waals surface area contributed by atoms with Gasteiger partial charge in [-0.2, -0.15) is 18.2 Å². The fourth-order valence-corrected chi connectivity index (χ4v) is 2.88. The average Bonchev–Trinajstić information content (AvgIpc) is 3.05. The average molecular weight is 386 g/mol. The molecule has 2 heterocycles. The number of nitrogens with zero attached hydrogens (tertiary/aromatic N) is 3. The van der Waals surface area contributed by atoms with Crippen LogP contribution in [0, 0.1) is 0 Å². The molecule has 2 aromatic rings. The number of halogens is 3. The van der Waals surface area contributed by atoms with Gasteiger partial charge in [0.15, 0.2) is 5.58 Å². The van der Waals surface area contributed by atoms with Gasteiger partial charge in [0, 0.05) is 39.3 Å². The Morgan fingerprint density at radius 2 is 2.04 bits per heavy atom. The smallest absolute Gasteiger partial charge is 0.405 e. The molecule has 3 rings (SSSR count). The Labute approximate surface area is 154 Å². The van der Waals surface area contributed by atoms with Crippen LogP contribution in [0.2, 0.25) is 0 Å². The highest BCUT2D eigenvalue weighted by atomic mass is 19.4. The molecule has 1 aliphatic heterocycles. The summed E-state index contributed by atoms with van der Waals surface area (Å²) in [6, 6.07) is 3.21. The number of carbonyl (C=O) groups excluding carboxylic acids is 1. The van der Waals surface area contributed by atoms with Gasteiger partial charge in [0.1, 0.15) is 11.6 Å². The number of alkyl halides is 3. The van der Waals surface area contributed by atoms with Gasteiger partial charge in [-0.3, -0.25) is 9.69 Å². The Morgan fingerprint density at radius 1 is 1.33 bits per heavy atom. The molecule has 0 unspecified atom stereocenters. The van der Waals surface area contributed by atoms with Crippen molar-refractivity contribution in [2.24, 2.45) is 0 Å². The molecule has 1 aromatic carbocycles. The number of oxazole rings is 1. The molecule has 0 radical (unpaired) electrons. The number of aromatic nitrogens is 1. The predicted molar refractivity (Wildman–Crippen MR) is 92.9 cm³/mol. The van der Waals surface area contributed by atoms with Crippen molar-refractivity contribution in [2.75, 3.05) is 51.8 Å². The Hall–Kier alpha value is -2.33. The zero-order chi connectivity index (χ0) is 19.6. The molecule has 1 aromatic heterocycles. The summed E-state index contributed by atoms with van der Waals surface area (Å²) in [5.41, 5.74) is 1.19. The summed E-state index contributed by atoms with van der Waals surface area (Å²) < 4.78 is 50.8. The molecular weight excluding hydrogens is 365 g/mol. The van der Waals surface area contributed by atoms with E-state index in [4.69, 9.17) is 9.15 Å². The van der Waals surface area contributed by atoms with Crippen LogP contribution in [0.4, 0.5) is 19.2 Å². The highest BCUT2D eigenvalue weighted by Gasteiger charge is 2.44. The van der Waals surface area contributed by atoms with E-state index in [0.29, 0.717) is 17.1 Å². The van der Waals surface area contributed by atoms with Crippen LogP contribution >= 0.6 is 0 Å². The van der Waals surface area contributed by atoms with Gasteiger partial charge in [-0.25, -0.2) is 0 Å². The zero-order valence-electron chi connectivity index (χ0n) is 15.0. The van der Waals surface area contributed by atoms with Crippen molar-refractivity contribution in [3.63, 3.8) is 0 Å². The van der Waals surface area contributed by atoms with Crippen LogP contribution in [0.15, 0.2) is 22.6 Å². The number of hydrogen-bond acceptors (Lipinski definition) is 6. The van der Waals surface area contributed by atoms with Crippen molar-refractivity contribution in [2.45, 2.75) is 12.2 Å². The maximum absolute atomic E-state index is 13.4. The fourth-order valence-electron chi connectivity index (χ4n) is 2.88. The quantitative estimate of drug-likeness (QED) is 0.846.